The molecule has 6 nitrogen and oxygen atoms in total. The maximum atomic E-state index is 11.7. The third-order valence-corrected chi connectivity index (χ3v) is 6.57. The summed E-state index contributed by atoms with van der Waals surface area (Å²) in [5.41, 5.74) is 3.03. The van der Waals surface area contributed by atoms with Crippen LogP contribution in [0.5, 0.6) is 5.75 Å². The molecule has 1 fully saturated rings. The summed E-state index contributed by atoms with van der Waals surface area (Å²) in [6.45, 7) is 1.23. The van der Waals surface area contributed by atoms with Gasteiger partial charge < -0.3 is 28.8 Å². The van der Waals surface area contributed by atoms with Crippen LogP contribution in [-0.4, -0.2) is 42.4 Å². The summed E-state index contributed by atoms with van der Waals surface area (Å²) in [5.74, 6) is 0.628. The van der Waals surface area contributed by atoms with Crippen LogP contribution >= 0.6 is 0 Å². The Labute approximate surface area is 229 Å². The Morgan fingerprint density at radius 1 is 0.564 bits per heavy atom. The molecule has 1 aliphatic heterocycles. The minimum absolute atomic E-state index is 0.208. The van der Waals surface area contributed by atoms with Crippen LogP contribution in [-0.2, 0) is 38.8 Å². The highest BCUT2D eigenvalue weighted by Crippen LogP contribution is 2.30. The molecule has 4 aromatic rings. The number of aliphatic hydroxyl groups is 1. The molecule has 0 aromatic heterocycles. The van der Waals surface area contributed by atoms with Gasteiger partial charge >= 0.3 is 0 Å². The van der Waals surface area contributed by atoms with Gasteiger partial charge in [-0.05, 0) is 28.8 Å². The lowest BCUT2D eigenvalue weighted by molar-refractivity contribution is -0.312. The molecule has 4 aromatic carbocycles. The van der Waals surface area contributed by atoms with Gasteiger partial charge in [-0.15, -0.1) is 0 Å². The largest absolute Gasteiger partial charge is 0.485 e. The first-order valence-corrected chi connectivity index (χ1v) is 13.2. The molecule has 0 amide bonds. The highest BCUT2D eigenvalue weighted by Gasteiger charge is 2.48. The van der Waals surface area contributed by atoms with Crippen molar-refractivity contribution in [2.75, 3.05) is 6.61 Å². The Balaban J connectivity index is 1.35. The Morgan fingerprint density at radius 3 is 1.62 bits per heavy atom. The van der Waals surface area contributed by atoms with Gasteiger partial charge in [0.05, 0.1) is 26.4 Å². The molecular formula is C33H34O6. The Hall–Kier alpha value is -3.52. The molecule has 0 unspecified atom stereocenters. The van der Waals surface area contributed by atoms with Gasteiger partial charge in [0.15, 0.2) is 12.4 Å². The lowest BCUT2D eigenvalue weighted by atomic mass is 9.98. The lowest BCUT2D eigenvalue weighted by Gasteiger charge is -2.44. The minimum Gasteiger partial charge on any atom is -0.485 e. The topological polar surface area (TPSA) is 66.4 Å². The normalized spacial score (nSPS) is 22.8. The molecule has 0 saturated carbocycles. The average molecular weight is 527 g/mol. The second-order valence-electron chi connectivity index (χ2n) is 9.49. The Morgan fingerprint density at radius 2 is 1.05 bits per heavy atom. The maximum absolute atomic E-state index is 11.7. The zero-order valence-corrected chi connectivity index (χ0v) is 21.8. The van der Waals surface area contributed by atoms with E-state index in [0.717, 1.165) is 16.7 Å². The molecular weight excluding hydrogens is 492 g/mol. The fourth-order valence-electron chi connectivity index (χ4n) is 4.53. The summed E-state index contributed by atoms with van der Waals surface area (Å²) in [5, 5.41) is 11.7. The number of rotatable bonds is 12. The zero-order chi connectivity index (χ0) is 26.7. The monoisotopic (exact) mass is 526 g/mol. The molecule has 1 heterocycles. The number of para-hydroxylation sites is 1. The van der Waals surface area contributed by atoms with Gasteiger partial charge in [0, 0.05) is 0 Å². The molecule has 1 N–H and O–H groups in total. The summed E-state index contributed by atoms with van der Waals surface area (Å²) in [7, 11) is 0. The van der Waals surface area contributed by atoms with Crippen LogP contribution in [0.1, 0.15) is 16.7 Å². The van der Waals surface area contributed by atoms with E-state index in [1.807, 2.05) is 121 Å². The maximum Gasteiger partial charge on any atom is 0.187 e. The number of benzene rings is 4. The van der Waals surface area contributed by atoms with Crippen LogP contribution in [0.25, 0.3) is 0 Å². The van der Waals surface area contributed by atoms with Crippen LogP contribution < -0.4 is 4.74 Å². The third-order valence-electron chi connectivity index (χ3n) is 6.57. The molecule has 6 heteroatoms. The minimum atomic E-state index is -1.03. The third kappa shape index (κ3) is 7.76. The molecule has 1 aliphatic rings. The van der Waals surface area contributed by atoms with E-state index in [9.17, 15) is 5.11 Å². The van der Waals surface area contributed by atoms with E-state index in [4.69, 9.17) is 23.7 Å². The Bertz CT molecular complexity index is 1220. The smallest absolute Gasteiger partial charge is 0.187 e. The van der Waals surface area contributed by atoms with E-state index in [1.165, 1.54) is 0 Å². The fraction of sp³-hybridized carbons (Fsp3) is 0.273. The molecule has 1 saturated heterocycles. The van der Waals surface area contributed by atoms with Crippen LogP contribution in [0, 0.1) is 0 Å². The van der Waals surface area contributed by atoms with Crippen LogP contribution in [0.2, 0.25) is 0 Å². The number of ether oxygens (including phenoxy) is 5. The standard InChI is InChI=1S/C33H34O6/c34-30-31(38-28-19-11-4-12-20-28)29(24-35-21-25-13-5-1-6-14-25)39-33(37-23-27-17-9-3-10-18-27)32(30)36-22-26-15-7-2-8-16-26/h1-20,29-34H,21-24H2/t29-,30+,31+,32-,33+/m1/s1. The van der Waals surface area contributed by atoms with Crippen LogP contribution in [0.4, 0.5) is 0 Å². The molecule has 0 spiro atoms. The molecule has 0 bridgehead atoms. The zero-order valence-electron chi connectivity index (χ0n) is 21.8. The summed E-state index contributed by atoms with van der Waals surface area (Å²) < 4.78 is 31.2. The van der Waals surface area contributed by atoms with Crippen molar-refractivity contribution in [1.82, 2.24) is 0 Å². The predicted molar refractivity (Wildman–Crippen MR) is 148 cm³/mol. The first-order chi connectivity index (χ1) is 19.3. The van der Waals surface area contributed by atoms with Crippen LogP contribution in [0.3, 0.4) is 0 Å². The van der Waals surface area contributed by atoms with E-state index >= 15 is 0 Å². The highest BCUT2D eigenvalue weighted by atomic mass is 16.7. The first-order valence-electron chi connectivity index (χ1n) is 13.2. The van der Waals surface area contributed by atoms with E-state index in [1.54, 1.807) is 0 Å². The number of aliphatic hydroxyl groups excluding tert-OH is 1. The van der Waals surface area contributed by atoms with Gasteiger partial charge in [-0.25, -0.2) is 0 Å². The van der Waals surface area contributed by atoms with E-state index in [-0.39, 0.29) is 6.61 Å². The van der Waals surface area contributed by atoms with Crippen LogP contribution in [0.15, 0.2) is 121 Å². The second kappa shape index (κ2) is 14.0. The van der Waals surface area contributed by atoms with Crippen molar-refractivity contribution >= 4 is 0 Å². The van der Waals surface area contributed by atoms with Gasteiger partial charge in [0.2, 0.25) is 0 Å². The number of hydrogen-bond acceptors (Lipinski definition) is 6. The van der Waals surface area contributed by atoms with Gasteiger partial charge in [-0.2, -0.15) is 0 Å². The van der Waals surface area contributed by atoms with E-state index in [2.05, 4.69) is 0 Å². The molecule has 0 aliphatic carbocycles. The summed E-state index contributed by atoms with van der Waals surface area (Å²) in [6.07, 6.45) is -3.98. The molecule has 202 valence electrons. The van der Waals surface area contributed by atoms with Crippen molar-refractivity contribution in [3.8, 4) is 5.75 Å². The van der Waals surface area contributed by atoms with Crippen molar-refractivity contribution in [2.24, 2.45) is 0 Å². The predicted octanol–water partition coefficient (Wildman–Crippen LogP) is 5.54. The van der Waals surface area contributed by atoms with Gasteiger partial charge in [0.1, 0.15) is 24.1 Å². The summed E-state index contributed by atoms with van der Waals surface area (Å²) in [4.78, 5) is 0. The van der Waals surface area contributed by atoms with Crippen molar-refractivity contribution < 1.29 is 28.8 Å². The van der Waals surface area contributed by atoms with Crippen molar-refractivity contribution in [3.05, 3.63) is 138 Å². The lowest BCUT2D eigenvalue weighted by Crippen LogP contribution is -2.62. The van der Waals surface area contributed by atoms with Crippen molar-refractivity contribution in [1.29, 1.82) is 0 Å². The van der Waals surface area contributed by atoms with Gasteiger partial charge in [0.25, 0.3) is 0 Å². The van der Waals surface area contributed by atoms with Gasteiger partial charge in [-0.3, -0.25) is 0 Å². The molecule has 5 rings (SSSR count). The quantitative estimate of drug-likeness (QED) is 0.262. The van der Waals surface area contributed by atoms with Crippen molar-refractivity contribution in [3.63, 3.8) is 0 Å². The fourth-order valence-corrected chi connectivity index (χ4v) is 4.53. The molecule has 39 heavy (non-hydrogen) atoms. The second-order valence-corrected chi connectivity index (χ2v) is 9.49. The molecule has 5 atom stereocenters. The average Bonchev–Trinajstić information content (AvgIpc) is 2.99. The van der Waals surface area contributed by atoms with Gasteiger partial charge in [-0.1, -0.05) is 109 Å². The SMILES string of the molecule is O[C@H]1[C@@H](Oc2ccccc2)[C@@H](COCc2ccccc2)O[C@H](OCc2ccccc2)[C@@H]1OCc1ccccc1. The summed E-state index contributed by atoms with van der Waals surface area (Å²) >= 11 is 0. The Kier molecular flexibility index (Phi) is 9.74. The number of hydrogen-bond donors (Lipinski definition) is 1. The highest BCUT2D eigenvalue weighted by molar-refractivity contribution is 5.22. The van der Waals surface area contributed by atoms with Crippen molar-refractivity contribution in [2.45, 2.75) is 50.5 Å². The van der Waals surface area contributed by atoms with E-state index in [0.29, 0.717) is 25.6 Å². The summed E-state index contributed by atoms with van der Waals surface area (Å²) in [6, 6.07) is 39.0. The molecule has 0 radical (unpaired) electrons. The first kappa shape index (κ1) is 27.1. The van der Waals surface area contributed by atoms with E-state index < -0.39 is 30.7 Å².